The van der Waals surface area contributed by atoms with E-state index in [2.05, 4.69) is 22.2 Å². The summed E-state index contributed by atoms with van der Waals surface area (Å²) in [7, 11) is 0. The summed E-state index contributed by atoms with van der Waals surface area (Å²) in [6.45, 7) is 7.38. The van der Waals surface area contributed by atoms with E-state index in [0.717, 1.165) is 42.0 Å². The van der Waals surface area contributed by atoms with Crippen LogP contribution in [0.4, 0.5) is 5.82 Å². The Kier molecular flexibility index (Phi) is 5.64. The van der Waals surface area contributed by atoms with Crippen molar-refractivity contribution < 1.29 is 0 Å². The quantitative estimate of drug-likeness (QED) is 0.805. The minimum Gasteiger partial charge on any atom is -0.370 e. The first kappa shape index (κ1) is 15.6. The molecule has 1 aliphatic rings. The monoisotopic (exact) mass is 295 g/mol. The Hall–Kier alpha value is -0.830. The minimum absolute atomic E-state index is 0.575. The molecular weight excluding hydrogens is 270 g/mol. The fourth-order valence-corrected chi connectivity index (χ4v) is 3.06. The lowest BCUT2D eigenvalue weighted by atomic mass is 9.81. The molecule has 0 amide bonds. The predicted molar refractivity (Wildman–Crippen MR) is 85.4 cm³/mol. The molecule has 1 N–H and O–H groups in total. The molecule has 0 aliphatic heterocycles. The molecular formula is C16H26ClN3. The summed E-state index contributed by atoms with van der Waals surface area (Å²) in [6, 6.07) is 0. The molecule has 112 valence electrons. The Morgan fingerprint density at radius 1 is 1.20 bits per heavy atom. The number of anilines is 1. The SMILES string of the molecule is CCc1nc(Cl)c(C)c(NCCC2CCC(C)CC2)n1. The highest BCUT2D eigenvalue weighted by molar-refractivity contribution is 6.30. The van der Waals surface area contributed by atoms with Crippen molar-refractivity contribution in [1.29, 1.82) is 0 Å². The highest BCUT2D eigenvalue weighted by Gasteiger charge is 2.18. The van der Waals surface area contributed by atoms with E-state index in [9.17, 15) is 0 Å². The molecule has 3 nitrogen and oxygen atoms in total. The highest BCUT2D eigenvalue weighted by Crippen LogP contribution is 2.30. The fourth-order valence-electron chi connectivity index (χ4n) is 2.88. The second kappa shape index (κ2) is 7.26. The topological polar surface area (TPSA) is 37.8 Å². The van der Waals surface area contributed by atoms with E-state index in [1.165, 1.54) is 32.1 Å². The van der Waals surface area contributed by atoms with Crippen LogP contribution in [-0.4, -0.2) is 16.5 Å². The molecule has 0 atom stereocenters. The van der Waals surface area contributed by atoms with Crippen molar-refractivity contribution in [1.82, 2.24) is 9.97 Å². The van der Waals surface area contributed by atoms with E-state index in [-0.39, 0.29) is 0 Å². The number of aromatic nitrogens is 2. The van der Waals surface area contributed by atoms with Crippen molar-refractivity contribution in [3.05, 3.63) is 16.5 Å². The third-order valence-corrected chi connectivity index (χ3v) is 4.80. The van der Waals surface area contributed by atoms with E-state index >= 15 is 0 Å². The molecule has 0 saturated heterocycles. The number of halogens is 1. The molecule has 1 fully saturated rings. The van der Waals surface area contributed by atoms with Crippen LogP contribution in [0.5, 0.6) is 0 Å². The Morgan fingerprint density at radius 3 is 2.55 bits per heavy atom. The van der Waals surface area contributed by atoms with Crippen molar-refractivity contribution in [3.63, 3.8) is 0 Å². The number of nitrogens with one attached hydrogen (secondary N) is 1. The van der Waals surface area contributed by atoms with Gasteiger partial charge in [0, 0.05) is 18.5 Å². The van der Waals surface area contributed by atoms with Crippen molar-refractivity contribution in [3.8, 4) is 0 Å². The second-order valence-corrected chi connectivity index (χ2v) is 6.46. The molecule has 0 spiro atoms. The van der Waals surface area contributed by atoms with Crippen LogP contribution in [0, 0.1) is 18.8 Å². The summed E-state index contributed by atoms with van der Waals surface area (Å²) in [6.07, 6.45) is 7.59. The lowest BCUT2D eigenvalue weighted by molar-refractivity contribution is 0.282. The third kappa shape index (κ3) is 4.08. The molecule has 1 saturated carbocycles. The molecule has 1 aliphatic carbocycles. The maximum atomic E-state index is 6.15. The molecule has 0 unspecified atom stereocenters. The molecule has 4 heteroatoms. The zero-order chi connectivity index (χ0) is 14.5. The van der Waals surface area contributed by atoms with Crippen LogP contribution in [0.25, 0.3) is 0 Å². The van der Waals surface area contributed by atoms with E-state index < -0.39 is 0 Å². The van der Waals surface area contributed by atoms with Crippen LogP contribution in [0.2, 0.25) is 5.15 Å². The van der Waals surface area contributed by atoms with Crippen LogP contribution in [0.3, 0.4) is 0 Å². The molecule has 20 heavy (non-hydrogen) atoms. The van der Waals surface area contributed by atoms with Crippen molar-refractivity contribution in [2.45, 2.75) is 59.3 Å². The van der Waals surface area contributed by atoms with Gasteiger partial charge < -0.3 is 5.32 Å². The van der Waals surface area contributed by atoms with Gasteiger partial charge in [-0.1, -0.05) is 51.1 Å². The molecule has 1 aromatic rings. The summed E-state index contributed by atoms with van der Waals surface area (Å²) in [5.41, 5.74) is 0.959. The summed E-state index contributed by atoms with van der Waals surface area (Å²) >= 11 is 6.15. The molecule has 1 heterocycles. The molecule has 0 radical (unpaired) electrons. The van der Waals surface area contributed by atoms with Gasteiger partial charge in [-0.15, -0.1) is 0 Å². The van der Waals surface area contributed by atoms with Gasteiger partial charge in [0.1, 0.15) is 16.8 Å². The van der Waals surface area contributed by atoms with E-state index in [4.69, 9.17) is 11.6 Å². The van der Waals surface area contributed by atoms with Crippen molar-refractivity contribution in [2.24, 2.45) is 11.8 Å². The van der Waals surface area contributed by atoms with Gasteiger partial charge in [-0.2, -0.15) is 0 Å². The number of rotatable bonds is 5. The minimum atomic E-state index is 0.575. The maximum Gasteiger partial charge on any atom is 0.137 e. The first-order chi connectivity index (χ1) is 9.60. The van der Waals surface area contributed by atoms with Crippen LogP contribution in [0.15, 0.2) is 0 Å². The summed E-state index contributed by atoms with van der Waals surface area (Å²) < 4.78 is 0. The normalized spacial score (nSPS) is 22.8. The fraction of sp³-hybridized carbons (Fsp3) is 0.750. The molecule has 0 bridgehead atoms. The molecule has 1 aromatic heterocycles. The van der Waals surface area contributed by atoms with Gasteiger partial charge in [0.05, 0.1) is 0 Å². The van der Waals surface area contributed by atoms with Gasteiger partial charge in [0.2, 0.25) is 0 Å². The first-order valence-corrected chi connectivity index (χ1v) is 8.24. The van der Waals surface area contributed by atoms with Crippen LogP contribution >= 0.6 is 11.6 Å². The summed E-state index contributed by atoms with van der Waals surface area (Å²) in [4.78, 5) is 8.81. The van der Waals surface area contributed by atoms with E-state index in [1.807, 2.05) is 13.8 Å². The zero-order valence-electron chi connectivity index (χ0n) is 12.9. The second-order valence-electron chi connectivity index (χ2n) is 6.10. The maximum absolute atomic E-state index is 6.15. The van der Waals surface area contributed by atoms with Crippen molar-refractivity contribution in [2.75, 3.05) is 11.9 Å². The van der Waals surface area contributed by atoms with Gasteiger partial charge in [0.15, 0.2) is 0 Å². The summed E-state index contributed by atoms with van der Waals surface area (Å²) in [5, 5.41) is 4.03. The zero-order valence-corrected chi connectivity index (χ0v) is 13.6. The number of hydrogen-bond donors (Lipinski definition) is 1. The van der Waals surface area contributed by atoms with Crippen LogP contribution in [0.1, 0.15) is 57.3 Å². The van der Waals surface area contributed by atoms with Gasteiger partial charge in [-0.3, -0.25) is 0 Å². The average Bonchev–Trinajstić information content (AvgIpc) is 2.45. The van der Waals surface area contributed by atoms with E-state index in [1.54, 1.807) is 0 Å². The smallest absolute Gasteiger partial charge is 0.137 e. The average molecular weight is 296 g/mol. The van der Waals surface area contributed by atoms with Gasteiger partial charge in [-0.25, -0.2) is 9.97 Å². The molecule has 0 aromatic carbocycles. The Balaban J connectivity index is 1.86. The Labute approximate surface area is 127 Å². The standard InChI is InChI=1S/C16H26ClN3/c1-4-14-19-15(17)12(3)16(20-14)18-10-9-13-7-5-11(2)6-8-13/h11,13H,4-10H2,1-3H3,(H,18,19,20). The first-order valence-electron chi connectivity index (χ1n) is 7.87. The number of nitrogens with zero attached hydrogens (tertiary/aromatic N) is 2. The van der Waals surface area contributed by atoms with Crippen LogP contribution < -0.4 is 5.32 Å². The summed E-state index contributed by atoms with van der Waals surface area (Å²) in [5.74, 6) is 3.52. The van der Waals surface area contributed by atoms with E-state index in [0.29, 0.717) is 5.15 Å². The molecule has 2 rings (SSSR count). The Morgan fingerprint density at radius 2 is 1.90 bits per heavy atom. The lowest BCUT2D eigenvalue weighted by Crippen LogP contribution is -2.16. The lowest BCUT2D eigenvalue weighted by Gasteiger charge is -2.26. The Bertz CT molecular complexity index is 440. The number of hydrogen-bond acceptors (Lipinski definition) is 3. The predicted octanol–water partition coefficient (Wildman–Crippen LogP) is 4.63. The van der Waals surface area contributed by atoms with Gasteiger partial charge in [0.25, 0.3) is 0 Å². The number of aryl methyl sites for hydroxylation is 1. The highest BCUT2D eigenvalue weighted by atomic mass is 35.5. The third-order valence-electron chi connectivity index (χ3n) is 4.43. The van der Waals surface area contributed by atoms with Gasteiger partial charge >= 0.3 is 0 Å². The van der Waals surface area contributed by atoms with Crippen LogP contribution in [-0.2, 0) is 6.42 Å². The van der Waals surface area contributed by atoms with Crippen molar-refractivity contribution >= 4 is 17.4 Å². The largest absolute Gasteiger partial charge is 0.370 e. The van der Waals surface area contributed by atoms with Gasteiger partial charge in [-0.05, 0) is 25.2 Å².